The molecule has 2 unspecified atom stereocenters. The standard InChI is InChI=1S/C19H26N4O2/c1-15(24)18-7-3-9-22(14-18)19(25)20-12-16-5-2-6-17(11-16)13-23-10-4-8-21-23/h2,4-6,8,10-11,15,18,24H,3,7,9,12-14H2,1H3,(H,20,25). The average Bonchev–Trinajstić information content (AvgIpc) is 3.13. The van der Waals surface area contributed by atoms with Gasteiger partial charge in [0.05, 0.1) is 12.6 Å². The molecule has 1 aliphatic heterocycles. The first-order valence-electron chi connectivity index (χ1n) is 8.88. The minimum atomic E-state index is -0.366. The molecule has 1 aromatic carbocycles. The van der Waals surface area contributed by atoms with Crippen molar-refractivity contribution in [1.29, 1.82) is 0 Å². The normalized spacial score (nSPS) is 18.8. The summed E-state index contributed by atoms with van der Waals surface area (Å²) in [5.41, 5.74) is 2.23. The predicted octanol–water partition coefficient (Wildman–Crippen LogP) is 2.23. The van der Waals surface area contributed by atoms with Gasteiger partial charge in [-0.3, -0.25) is 4.68 Å². The monoisotopic (exact) mass is 342 g/mol. The Morgan fingerprint density at radius 1 is 1.40 bits per heavy atom. The largest absolute Gasteiger partial charge is 0.393 e. The zero-order chi connectivity index (χ0) is 17.6. The summed E-state index contributed by atoms with van der Waals surface area (Å²) in [5.74, 6) is 0.178. The molecule has 134 valence electrons. The molecular formula is C19H26N4O2. The summed E-state index contributed by atoms with van der Waals surface area (Å²) < 4.78 is 1.88. The molecule has 25 heavy (non-hydrogen) atoms. The van der Waals surface area contributed by atoms with E-state index in [1.807, 2.05) is 34.0 Å². The van der Waals surface area contributed by atoms with E-state index < -0.39 is 0 Å². The summed E-state index contributed by atoms with van der Waals surface area (Å²) in [6.45, 7) is 4.41. The van der Waals surface area contributed by atoms with Crippen molar-refractivity contribution in [2.24, 2.45) is 5.92 Å². The first kappa shape index (κ1) is 17.5. The number of nitrogens with zero attached hydrogens (tertiary/aromatic N) is 3. The van der Waals surface area contributed by atoms with Crippen molar-refractivity contribution in [1.82, 2.24) is 20.0 Å². The van der Waals surface area contributed by atoms with E-state index in [9.17, 15) is 9.90 Å². The topological polar surface area (TPSA) is 70.4 Å². The van der Waals surface area contributed by atoms with Crippen molar-refractivity contribution >= 4 is 6.03 Å². The van der Waals surface area contributed by atoms with E-state index in [4.69, 9.17) is 0 Å². The number of aromatic nitrogens is 2. The molecule has 1 saturated heterocycles. The van der Waals surface area contributed by atoms with Crippen LogP contribution in [0.4, 0.5) is 4.79 Å². The van der Waals surface area contributed by atoms with Gasteiger partial charge in [0.2, 0.25) is 0 Å². The zero-order valence-corrected chi connectivity index (χ0v) is 14.6. The molecule has 1 aliphatic rings. The number of amides is 2. The summed E-state index contributed by atoms with van der Waals surface area (Å²) in [6, 6.07) is 10.0. The second-order valence-electron chi connectivity index (χ2n) is 6.77. The van der Waals surface area contributed by atoms with E-state index in [0.29, 0.717) is 13.1 Å². The smallest absolute Gasteiger partial charge is 0.317 e. The third-order valence-electron chi connectivity index (χ3n) is 4.77. The zero-order valence-electron chi connectivity index (χ0n) is 14.6. The summed E-state index contributed by atoms with van der Waals surface area (Å²) in [6.07, 6.45) is 5.26. The maximum atomic E-state index is 12.4. The fraction of sp³-hybridized carbons (Fsp3) is 0.474. The van der Waals surface area contributed by atoms with E-state index in [-0.39, 0.29) is 18.1 Å². The summed E-state index contributed by atoms with van der Waals surface area (Å²) >= 11 is 0. The average molecular weight is 342 g/mol. The molecule has 3 rings (SSSR count). The van der Waals surface area contributed by atoms with Crippen LogP contribution in [0, 0.1) is 5.92 Å². The summed E-state index contributed by atoms with van der Waals surface area (Å²) in [4.78, 5) is 14.2. The van der Waals surface area contributed by atoms with Crippen LogP contribution in [0.2, 0.25) is 0 Å². The van der Waals surface area contributed by atoms with Gasteiger partial charge in [0.25, 0.3) is 0 Å². The molecule has 0 saturated carbocycles. The molecular weight excluding hydrogens is 316 g/mol. The quantitative estimate of drug-likeness (QED) is 0.875. The van der Waals surface area contributed by atoms with Crippen LogP contribution in [0.1, 0.15) is 30.9 Å². The lowest BCUT2D eigenvalue weighted by Crippen LogP contribution is -2.47. The van der Waals surface area contributed by atoms with Crippen LogP contribution in [0.5, 0.6) is 0 Å². The van der Waals surface area contributed by atoms with E-state index in [1.54, 1.807) is 13.1 Å². The van der Waals surface area contributed by atoms with Crippen LogP contribution in [0.25, 0.3) is 0 Å². The Kier molecular flexibility index (Phi) is 5.71. The second-order valence-corrected chi connectivity index (χ2v) is 6.77. The highest BCUT2D eigenvalue weighted by Crippen LogP contribution is 2.19. The van der Waals surface area contributed by atoms with Gasteiger partial charge in [-0.15, -0.1) is 0 Å². The maximum Gasteiger partial charge on any atom is 0.317 e. The number of hydrogen-bond donors (Lipinski definition) is 2. The van der Waals surface area contributed by atoms with Gasteiger partial charge in [-0.25, -0.2) is 4.79 Å². The second kappa shape index (κ2) is 8.16. The van der Waals surface area contributed by atoms with Crippen LogP contribution >= 0.6 is 0 Å². The Balaban J connectivity index is 1.53. The molecule has 1 fully saturated rings. The molecule has 0 spiro atoms. The molecule has 2 aromatic rings. The van der Waals surface area contributed by atoms with Gasteiger partial charge in [0.1, 0.15) is 0 Å². The van der Waals surface area contributed by atoms with Gasteiger partial charge >= 0.3 is 6.03 Å². The van der Waals surface area contributed by atoms with Crippen molar-refractivity contribution in [2.75, 3.05) is 13.1 Å². The van der Waals surface area contributed by atoms with Gasteiger partial charge < -0.3 is 15.3 Å². The molecule has 1 aromatic heterocycles. The van der Waals surface area contributed by atoms with E-state index in [0.717, 1.165) is 37.1 Å². The van der Waals surface area contributed by atoms with Crippen molar-refractivity contribution < 1.29 is 9.90 Å². The van der Waals surface area contributed by atoms with Crippen molar-refractivity contribution in [2.45, 2.75) is 39.0 Å². The lowest BCUT2D eigenvalue weighted by atomic mass is 9.94. The van der Waals surface area contributed by atoms with Crippen LogP contribution in [0.15, 0.2) is 42.7 Å². The van der Waals surface area contributed by atoms with E-state index in [1.165, 1.54) is 0 Å². The van der Waals surface area contributed by atoms with E-state index in [2.05, 4.69) is 22.5 Å². The number of hydrogen-bond acceptors (Lipinski definition) is 3. The van der Waals surface area contributed by atoms with Crippen molar-refractivity contribution in [3.05, 3.63) is 53.9 Å². The molecule has 0 aliphatic carbocycles. The fourth-order valence-corrected chi connectivity index (χ4v) is 3.30. The van der Waals surface area contributed by atoms with Crippen LogP contribution in [0.3, 0.4) is 0 Å². The SMILES string of the molecule is CC(O)C1CCCN(C(=O)NCc2cccc(Cn3cccn3)c2)C1. The van der Waals surface area contributed by atoms with Gasteiger partial charge in [-0.05, 0) is 37.0 Å². The van der Waals surface area contributed by atoms with Gasteiger partial charge in [-0.1, -0.05) is 24.3 Å². The van der Waals surface area contributed by atoms with Crippen LogP contribution in [-0.4, -0.2) is 45.0 Å². The molecule has 2 amide bonds. The predicted molar refractivity (Wildman–Crippen MR) is 96.0 cm³/mol. The highest BCUT2D eigenvalue weighted by Gasteiger charge is 2.26. The number of nitrogens with one attached hydrogen (secondary N) is 1. The fourth-order valence-electron chi connectivity index (χ4n) is 3.30. The van der Waals surface area contributed by atoms with Gasteiger partial charge in [-0.2, -0.15) is 5.10 Å². The number of urea groups is 1. The number of aliphatic hydroxyl groups excluding tert-OH is 1. The molecule has 2 atom stereocenters. The van der Waals surface area contributed by atoms with Crippen LogP contribution < -0.4 is 5.32 Å². The minimum Gasteiger partial charge on any atom is -0.393 e. The molecule has 0 bridgehead atoms. The number of piperidine rings is 1. The Bertz CT molecular complexity index is 684. The maximum absolute atomic E-state index is 12.4. The lowest BCUT2D eigenvalue weighted by Gasteiger charge is -2.34. The van der Waals surface area contributed by atoms with Crippen molar-refractivity contribution in [3.8, 4) is 0 Å². The Labute approximate surface area is 148 Å². The third kappa shape index (κ3) is 4.82. The summed E-state index contributed by atoms with van der Waals surface area (Å²) in [5, 5.41) is 17.0. The highest BCUT2D eigenvalue weighted by atomic mass is 16.3. The molecule has 2 N–H and O–H groups in total. The number of carbonyl (C=O) groups excluding carboxylic acids is 1. The minimum absolute atomic E-state index is 0.0529. The lowest BCUT2D eigenvalue weighted by molar-refractivity contribution is 0.0738. The highest BCUT2D eigenvalue weighted by molar-refractivity contribution is 5.74. The molecule has 6 heteroatoms. The third-order valence-corrected chi connectivity index (χ3v) is 4.77. The molecule has 2 heterocycles. The number of benzene rings is 1. The first-order chi connectivity index (χ1) is 12.1. The Hall–Kier alpha value is -2.34. The number of carbonyl (C=O) groups is 1. The number of likely N-dealkylation sites (tertiary alicyclic amines) is 1. The molecule has 6 nitrogen and oxygen atoms in total. The molecule has 0 radical (unpaired) electrons. The van der Waals surface area contributed by atoms with Crippen LogP contribution in [-0.2, 0) is 13.1 Å². The van der Waals surface area contributed by atoms with Crippen molar-refractivity contribution in [3.63, 3.8) is 0 Å². The Morgan fingerprint density at radius 3 is 3.00 bits per heavy atom. The first-order valence-corrected chi connectivity index (χ1v) is 8.88. The van der Waals surface area contributed by atoms with E-state index >= 15 is 0 Å². The number of rotatable bonds is 5. The number of aliphatic hydroxyl groups is 1. The summed E-state index contributed by atoms with van der Waals surface area (Å²) in [7, 11) is 0. The van der Waals surface area contributed by atoms with Gasteiger partial charge in [0.15, 0.2) is 0 Å². The Morgan fingerprint density at radius 2 is 2.24 bits per heavy atom. The van der Waals surface area contributed by atoms with Gasteiger partial charge in [0, 0.05) is 37.9 Å².